The molecule has 0 saturated carbocycles. The number of hydrogen-bond donors (Lipinski definition) is 0. The van der Waals surface area contributed by atoms with Crippen LogP contribution in [0.3, 0.4) is 0 Å². The van der Waals surface area contributed by atoms with Crippen molar-refractivity contribution >= 4 is 33.6 Å². The Hall–Kier alpha value is -2.22. The molecule has 0 atom stereocenters. The molecule has 1 heterocycles. The van der Waals surface area contributed by atoms with Gasteiger partial charge in [0.1, 0.15) is 5.82 Å². The van der Waals surface area contributed by atoms with Crippen LogP contribution in [-0.4, -0.2) is 49.7 Å². The standard InChI is InChI=1S/C19H18ClFN2O3S/c20-16-8-6-15(18(21)14-16)7-9-19(24)22-10-12-23(13-11-22)27(25,26)17-4-2-1-3-5-17/h1-9,14H,10-13H2/b9-7+. The van der Waals surface area contributed by atoms with Crippen LogP contribution >= 0.6 is 11.6 Å². The van der Waals surface area contributed by atoms with Gasteiger partial charge >= 0.3 is 0 Å². The van der Waals surface area contributed by atoms with Gasteiger partial charge in [0.15, 0.2) is 0 Å². The fourth-order valence-corrected chi connectivity index (χ4v) is 4.40. The van der Waals surface area contributed by atoms with Crippen molar-refractivity contribution in [3.8, 4) is 0 Å². The first-order valence-electron chi connectivity index (χ1n) is 8.35. The SMILES string of the molecule is O=C(/C=C/c1ccc(Cl)cc1F)N1CCN(S(=O)(=O)c2ccccc2)CC1. The molecule has 0 bridgehead atoms. The molecule has 1 fully saturated rings. The van der Waals surface area contributed by atoms with Crippen LogP contribution < -0.4 is 0 Å². The van der Waals surface area contributed by atoms with E-state index in [1.54, 1.807) is 41.3 Å². The van der Waals surface area contributed by atoms with Crippen LogP contribution in [0.25, 0.3) is 6.08 Å². The molecule has 8 heteroatoms. The smallest absolute Gasteiger partial charge is 0.246 e. The highest BCUT2D eigenvalue weighted by molar-refractivity contribution is 7.89. The Morgan fingerprint density at radius 2 is 1.70 bits per heavy atom. The summed E-state index contributed by atoms with van der Waals surface area (Å²) in [5.41, 5.74) is 0.262. The number of sulfonamides is 1. The minimum absolute atomic E-state index is 0.214. The zero-order valence-electron chi connectivity index (χ0n) is 14.4. The van der Waals surface area contributed by atoms with Gasteiger partial charge in [-0.15, -0.1) is 0 Å². The predicted octanol–water partition coefficient (Wildman–Crippen LogP) is 3.03. The lowest BCUT2D eigenvalue weighted by Crippen LogP contribution is -2.50. The zero-order chi connectivity index (χ0) is 19.4. The Labute approximate surface area is 162 Å². The van der Waals surface area contributed by atoms with Crippen molar-refractivity contribution in [2.45, 2.75) is 4.90 Å². The van der Waals surface area contributed by atoms with Gasteiger partial charge in [-0.25, -0.2) is 12.8 Å². The molecule has 1 saturated heterocycles. The summed E-state index contributed by atoms with van der Waals surface area (Å²) in [5, 5.41) is 0.284. The van der Waals surface area contributed by atoms with Crippen LogP contribution in [0.4, 0.5) is 4.39 Å². The molecule has 2 aromatic carbocycles. The van der Waals surface area contributed by atoms with Crippen molar-refractivity contribution in [1.29, 1.82) is 0 Å². The van der Waals surface area contributed by atoms with Crippen molar-refractivity contribution in [2.75, 3.05) is 26.2 Å². The molecule has 1 aliphatic rings. The molecule has 1 amide bonds. The molecule has 0 unspecified atom stereocenters. The largest absolute Gasteiger partial charge is 0.337 e. The Balaban J connectivity index is 1.62. The molecule has 5 nitrogen and oxygen atoms in total. The third-order valence-electron chi connectivity index (χ3n) is 4.30. The fourth-order valence-electron chi connectivity index (χ4n) is 2.79. The van der Waals surface area contributed by atoms with E-state index in [0.717, 1.165) is 0 Å². The van der Waals surface area contributed by atoms with Crippen LogP contribution in [-0.2, 0) is 14.8 Å². The number of carbonyl (C=O) groups excluding carboxylic acids is 1. The molecule has 0 radical (unpaired) electrons. The van der Waals surface area contributed by atoms with Crippen LogP contribution in [0.15, 0.2) is 59.5 Å². The molecule has 2 aromatic rings. The van der Waals surface area contributed by atoms with Gasteiger partial charge in [-0.1, -0.05) is 35.9 Å². The highest BCUT2D eigenvalue weighted by Crippen LogP contribution is 2.18. The topological polar surface area (TPSA) is 57.7 Å². The molecule has 142 valence electrons. The monoisotopic (exact) mass is 408 g/mol. The molecule has 0 aliphatic carbocycles. The van der Waals surface area contributed by atoms with E-state index in [9.17, 15) is 17.6 Å². The third-order valence-corrected chi connectivity index (χ3v) is 6.45. The number of nitrogens with zero attached hydrogens (tertiary/aromatic N) is 2. The average Bonchev–Trinajstić information content (AvgIpc) is 2.68. The van der Waals surface area contributed by atoms with Crippen LogP contribution in [0.5, 0.6) is 0 Å². The van der Waals surface area contributed by atoms with E-state index in [1.807, 2.05) is 0 Å². The number of hydrogen-bond acceptors (Lipinski definition) is 3. The van der Waals surface area contributed by atoms with Crippen LogP contribution in [0.1, 0.15) is 5.56 Å². The normalized spacial score (nSPS) is 16.0. The Morgan fingerprint density at radius 3 is 2.33 bits per heavy atom. The molecular weight excluding hydrogens is 391 g/mol. The lowest BCUT2D eigenvalue weighted by atomic mass is 10.2. The lowest BCUT2D eigenvalue weighted by molar-refractivity contribution is -0.127. The second kappa shape index (κ2) is 8.21. The first kappa shape index (κ1) is 19.5. The second-order valence-electron chi connectivity index (χ2n) is 6.04. The van der Waals surface area contributed by atoms with Gasteiger partial charge in [0, 0.05) is 42.8 Å². The lowest BCUT2D eigenvalue weighted by Gasteiger charge is -2.33. The summed E-state index contributed by atoms with van der Waals surface area (Å²) in [4.78, 5) is 14.1. The van der Waals surface area contributed by atoms with E-state index in [4.69, 9.17) is 11.6 Å². The number of halogens is 2. The summed E-state index contributed by atoms with van der Waals surface area (Å²) in [7, 11) is -3.56. The van der Waals surface area contributed by atoms with Crippen LogP contribution in [0, 0.1) is 5.82 Å². The van der Waals surface area contributed by atoms with Crippen molar-refractivity contribution in [1.82, 2.24) is 9.21 Å². The number of amides is 1. The predicted molar refractivity (Wildman–Crippen MR) is 102 cm³/mol. The molecule has 0 N–H and O–H groups in total. The number of rotatable bonds is 4. The summed E-state index contributed by atoms with van der Waals surface area (Å²) in [6, 6.07) is 12.4. The molecule has 3 rings (SSSR count). The van der Waals surface area contributed by atoms with Crippen molar-refractivity contribution in [3.63, 3.8) is 0 Å². The van der Waals surface area contributed by atoms with Gasteiger partial charge in [-0.2, -0.15) is 4.31 Å². The molecule has 0 aromatic heterocycles. The van der Waals surface area contributed by atoms with Crippen molar-refractivity contribution in [2.24, 2.45) is 0 Å². The summed E-state index contributed by atoms with van der Waals surface area (Å²) < 4.78 is 40.3. The van der Waals surface area contributed by atoms with E-state index in [2.05, 4.69) is 0 Å². The van der Waals surface area contributed by atoms with E-state index >= 15 is 0 Å². The highest BCUT2D eigenvalue weighted by Gasteiger charge is 2.29. The zero-order valence-corrected chi connectivity index (χ0v) is 16.0. The van der Waals surface area contributed by atoms with Crippen LogP contribution in [0.2, 0.25) is 5.02 Å². The third kappa shape index (κ3) is 4.55. The Kier molecular flexibility index (Phi) is 5.94. The first-order valence-corrected chi connectivity index (χ1v) is 10.2. The fraction of sp³-hybridized carbons (Fsp3) is 0.211. The van der Waals surface area contributed by atoms with Crippen molar-refractivity contribution in [3.05, 3.63) is 71.0 Å². The van der Waals surface area contributed by atoms with Gasteiger partial charge in [-0.3, -0.25) is 4.79 Å². The maximum Gasteiger partial charge on any atom is 0.246 e. The van der Waals surface area contributed by atoms with Gasteiger partial charge in [0.05, 0.1) is 4.90 Å². The summed E-state index contributed by atoms with van der Waals surface area (Å²) >= 11 is 5.70. The summed E-state index contributed by atoms with van der Waals surface area (Å²) in [6.45, 7) is 0.981. The number of piperazine rings is 1. The second-order valence-corrected chi connectivity index (χ2v) is 8.42. The minimum atomic E-state index is -3.56. The Morgan fingerprint density at radius 1 is 1.04 bits per heavy atom. The molecule has 1 aliphatic heterocycles. The maximum atomic E-state index is 13.8. The van der Waals surface area contributed by atoms with Gasteiger partial charge < -0.3 is 4.90 Å². The molecule has 0 spiro atoms. The van der Waals surface area contributed by atoms with Crippen molar-refractivity contribution < 1.29 is 17.6 Å². The summed E-state index contributed by atoms with van der Waals surface area (Å²) in [6.07, 6.45) is 2.68. The highest BCUT2D eigenvalue weighted by atomic mass is 35.5. The van der Waals surface area contributed by atoms with Gasteiger partial charge in [0.2, 0.25) is 15.9 Å². The van der Waals surface area contributed by atoms with Gasteiger partial charge in [-0.05, 0) is 30.3 Å². The maximum absolute atomic E-state index is 13.8. The summed E-state index contributed by atoms with van der Waals surface area (Å²) in [5.74, 6) is -0.800. The van der Waals surface area contributed by atoms with E-state index in [1.165, 1.54) is 28.6 Å². The van der Waals surface area contributed by atoms with E-state index < -0.39 is 15.8 Å². The molecular formula is C19H18ClFN2O3S. The van der Waals surface area contributed by atoms with E-state index in [0.29, 0.717) is 0 Å². The van der Waals surface area contributed by atoms with E-state index in [-0.39, 0.29) is 47.6 Å². The quantitative estimate of drug-likeness (QED) is 0.731. The number of carbonyl (C=O) groups is 1. The Bertz CT molecular complexity index is 956. The van der Waals surface area contributed by atoms with Gasteiger partial charge in [0.25, 0.3) is 0 Å². The minimum Gasteiger partial charge on any atom is -0.337 e. The first-order chi connectivity index (χ1) is 12.9. The number of benzene rings is 2. The molecule has 27 heavy (non-hydrogen) atoms. The average molecular weight is 409 g/mol.